The minimum absolute atomic E-state index is 0.285. The smallest absolute Gasteiger partial charge is 0.0726 e. The minimum Gasteiger partial charge on any atom is -0.380 e. The van der Waals surface area contributed by atoms with Crippen molar-refractivity contribution in [1.82, 2.24) is 10.2 Å². The fourth-order valence-electron chi connectivity index (χ4n) is 3.37. The molecule has 2 aliphatic rings. The third-order valence-electron chi connectivity index (χ3n) is 4.85. The van der Waals surface area contributed by atoms with Gasteiger partial charge in [0.25, 0.3) is 0 Å². The maximum atomic E-state index is 5.67. The van der Waals surface area contributed by atoms with Gasteiger partial charge >= 0.3 is 0 Å². The maximum absolute atomic E-state index is 5.67. The van der Waals surface area contributed by atoms with E-state index in [0.717, 1.165) is 13.1 Å². The number of hydrogen-bond donors (Lipinski definition) is 1. The second-order valence-electron chi connectivity index (χ2n) is 6.09. The van der Waals surface area contributed by atoms with Crippen LogP contribution in [0.1, 0.15) is 46.5 Å². The predicted molar refractivity (Wildman–Crippen MR) is 71.3 cm³/mol. The highest BCUT2D eigenvalue weighted by molar-refractivity contribution is 4.98. The van der Waals surface area contributed by atoms with Gasteiger partial charge in [0.2, 0.25) is 0 Å². The van der Waals surface area contributed by atoms with Gasteiger partial charge in [-0.3, -0.25) is 4.90 Å². The lowest BCUT2D eigenvalue weighted by Gasteiger charge is -2.48. The zero-order valence-electron chi connectivity index (χ0n) is 11.8. The molecule has 0 aromatic carbocycles. The van der Waals surface area contributed by atoms with E-state index in [1.807, 2.05) is 7.11 Å². The summed E-state index contributed by atoms with van der Waals surface area (Å²) in [6.07, 6.45) is 5.52. The third-order valence-corrected chi connectivity index (χ3v) is 4.85. The molecule has 0 spiro atoms. The summed E-state index contributed by atoms with van der Waals surface area (Å²) in [5.41, 5.74) is 0.285. The zero-order chi connectivity index (χ0) is 12.5. The van der Waals surface area contributed by atoms with Crippen molar-refractivity contribution in [3.05, 3.63) is 0 Å². The molecule has 4 atom stereocenters. The van der Waals surface area contributed by atoms with Crippen molar-refractivity contribution in [2.45, 2.75) is 70.2 Å². The topological polar surface area (TPSA) is 24.5 Å². The summed E-state index contributed by atoms with van der Waals surface area (Å²) in [6.45, 7) is 9.24. The first-order valence-electron chi connectivity index (χ1n) is 7.13. The molecular formula is C14H28N2O. The van der Waals surface area contributed by atoms with Crippen LogP contribution >= 0.6 is 0 Å². The highest BCUT2D eigenvalue weighted by Gasteiger charge is 2.40. The molecule has 0 bridgehead atoms. The summed E-state index contributed by atoms with van der Waals surface area (Å²) in [5, 5.41) is 3.70. The highest BCUT2D eigenvalue weighted by atomic mass is 16.5. The van der Waals surface area contributed by atoms with E-state index < -0.39 is 0 Å². The van der Waals surface area contributed by atoms with E-state index >= 15 is 0 Å². The molecule has 1 N–H and O–H groups in total. The number of piperazine rings is 1. The number of nitrogens with one attached hydrogen (secondary N) is 1. The van der Waals surface area contributed by atoms with Gasteiger partial charge in [0.15, 0.2) is 0 Å². The van der Waals surface area contributed by atoms with Gasteiger partial charge in [0, 0.05) is 37.8 Å². The molecule has 2 rings (SSSR count). The summed E-state index contributed by atoms with van der Waals surface area (Å²) in [5.74, 6) is 0. The lowest BCUT2D eigenvalue weighted by atomic mass is 9.92. The Kier molecular flexibility index (Phi) is 4.11. The maximum Gasteiger partial charge on any atom is 0.0726 e. The standard InChI is InChI=1S/C14H28N2O/c1-5-14(3)10-16(11(2)9-15-14)12-7-6-8-13(12)17-4/h11-13,15H,5-10H2,1-4H3. The van der Waals surface area contributed by atoms with Crippen LogP contribution in [0, 0.1) is 0 Å². The molecule has 1 saturated carbocycles. The highest BCUT2D eigenvalue weighted by Crippen LogP contribution is 2.31. The summed E-state index contributed by atoms with van der Waals surface area (Å²) < 4.78 is 5.67. The molecule has 1 aliphatic heterocycles. The Labute approximate surface area is 106 Å². The Hall–Kier alpha value is -0.120. The third kappa shape index (κ3) is 2.67. The van der Waals surface area contributed by atoms with E-state index in [1.54, 1.807) is 0 Å². The van der Waals surface area contributed by atoms with Crippen LogP contribution in [0.4, 0.5) is 0 Å². The van der Waals surface area contributed by atoms with Gasteiger partial charge in [-0.25, -0.2) is 0 Å². The number of methoxy groups -OCH3 is 1. The van der Waals surface area contributed by atoms with Gasteiger partial charge in [0.05, 0.1) is 6.10 Å². The summed E-state index contributed by atoms with van der Waals surface area (Å²) in [6, 6.07) is 1.28. The van der Waals surface area contributed by atoms with Gasteiger partial charge in [-0.2, -0.15) is 0 Å². The van der Waals surface area contributed by atoms with Crippen LogP contribution in [-0.4, -0.2) is 48.8 Å². The average molecular weight is 240 g/mol. The van der Waals surface area contributed by atoms with E-state index in [4.69, 9.17) is 4.74 Å². The van der Waals surface area contributed by atoms with Gasteiger partial charge in [-0.05, 0) is 39.5 Å². The van der Waals surface area contributed by atoms with Crippen LogP contribution in [0.25, 0.3) is 0 Å². The lowest BCUT2D eigenvalue weighted by molar-refractivity contribution is -0.0139. The van der Waals surface area contributed by atoms with Crippen molar-refractivity contribution < 1.29 is 4.74 Å². The van der Waals surface area contributed by atoms with Crippen LogP contribution < -0.4 is 5.32 Å². The number of ether oxygens (including phenoxy) is 1. The molecule has 1 saturated heterocycles. The Morgan fingerprint density at radius 1 is 1.41 bits per heavy atom. The molecule has 17 heavy (non-hydrogen) atoms. The van der Waals surface area contributed by atoms with E-state index in [0.29, 0.717) is 18.2 Å². The van der Waals surface area contributed by atoms with Crippen LogP contribution in [0.5, 0.6) is 0 Å². The van der Waals surface area contributed by atoms with E-state index in [-0.39, 0.29) is 5.54 Å². The molecule has 3 nitrogen and oxygen atoms in total. The molecule has 4 unspecified atom stereocenters. The first kappa shape index (κ1) is 13.3. The summed E-state index contributed by atoms with van der Waals surface area (Å²) in [7, 11) is 1.87. The van der Waals surface area contributed by atoms with Gasteiger partial charge in [0.1, 0.15) is 0 Å². The van der Waals surface area contributed by atoms with Crippen LogP contribution in [0.15, 0.2) is 0 Å². The van der Waals surface area contributed by atoms with Crippen molar-refractivity contribution in [1.29, 1.82) is 0 Å². The van der Waals surface area contributed by atoms with Crippen molar-refractivity contribution in [3.63, 3.8) is 0 Å². The molecule has 1 aliphatic carbocycles. The quantitative estimate of drug-likeness (QED) is 0.817. The van der Waals surface area contributed by atoms with E-state index in [2.05, 4.69) is 31.0 Å². The molecule has 0 radical (unpaired) electrons. The molecule has 100 valence electrons. The summed E-state index contributed by atoms with van der Waals surface area (Å²) in [4.78, 5) is 2.70. The van der Waals surface area contributed by atoms with Crippen molar-refractivity contribution in [3.8, 4) is 0 Å². The van der Waals surface area contributed by atoms with Gasteiger partial charge in [-0.1, -0.05) is 6.92 Å². The Morgan fingerprint density at radius 2 is 2.18 bits per heavy atom. The molecule has 3 heteroatoms. The molecule has 0 amide bonds. The monoisotopic (exact) mass is 240 g/mol. The predicted octanol–water partition coefficient (Wildman–Crippen LogP) is 2.02. The van der Waals surface area contributed by atoms with E-state index in [1.165, 1.54) is 25.7 Å². The van der Waals surface area contributed by atoms with Gasteiger partial charge < -0.3 is 10.1 Å². The first-order chi connectivity index (χ1) is 8.09. The minimum atomic E-state index is 0.285. The second-order valence-corrected chi connectivity index (χ2v) is 6.09. The van der Waals surface area contributed by atoms with Crippen molar-refractivity contribution in [2.75, 3.05) is 20.2 Å². The number of rotatable bonds is 3. The van der Waals surface area contributed by atoms with Crippen LogP contribution in [0.3, 0.4) is 0 Å². The van der Waals surface area contributed by atoms with E-state index in [9.17, 15) is 0 Å². The first-order valence-corrected chi connectivity index (χ1v) is 7.13. The Balaban J connectivity index is 2.07. The molecule has 2 fully saturated rings. The van der Waals surface area contributed by atoms with Crippen molar-refractivity contribution >= 4 is 0 Å². The van der Waals surface area contributed by atoms with Crippen molar-refractivity contribution in [2.24, 2.45) is 0 Å². The lowest BCUT2D eigenvalue weighted by Crippen LogP contribution is -2.65. The number of nitrogens with zero attached hydrogens (tertiary/aromatic N) is 1. The number of hydrogen-bond acceptors (Lipinski definition) is 3. The Morgan fingerprint density at radius 3 is 2.82 bits per heavy atom. The fourth-order valence-corrected chi connectivity index (χ4v) is 3.37. The van der Waals surface area contributed by atoms with Crippen LogP contribution in [-0.2, 0) is 4.74 Å². The normalized spacial score (nSPS) is 44.1. The molecule has 0 aromatic rings. The molecule has 1 heterocycles. The average Bonchev–Trinajstić information content (AvgIpc) is 2.80. The summed E-state index contributed by atoms with van der Waals surface area (Å²) >= 11 is 0. The SMILES string of the molecule is CCC1(C)CN(C2CCCC2OC)C(C)CN1. The molecule has 0 aromatic heterocycles. The van der Waals surface area contributed by atoms with Crippen LogP contribution in [0.2, 0.25) is 0 Å². The fraction of sp³-hybridized carbons (Fsp3) is 1.00. The van der Waals surface area contributed by atoms with Gasteiger partial charge in [-0.15, -0.1) is 0 Å². The Bertz CT molecular complexity index is 259. The largest absolute Gasteiger partial charge is 0.380 e. The molecular weight excluding hydrogens is 212 g/mol. The second kappa shape index (κ2) is 5.25. The zero-order valence-corrected chi connectivity index (χ0v) is 11.8.